The first-order chi connectivity index (χ1) is 10.7. The van der Waals surface area contributed by atoms with Gasteiger partial charge in [0.25, 0.3) is 5.91 Å². The van der Waals surface area contributed by atoms with Gasteiger partial charge < -0.3 is 10.1 Å². The average Bonchev–Trinajstić information content (AvgIpc) is 2.93. The molecule has 1 aromatic carbocycles. The van der Waals surface area contributed by atoms with Gasteiger partial charge in [0.1, 0.15) is 6.10 Å². The van der Waals surface area contributed by atoms with Crippen LogP contribution in [0.5, 0.6) is 0 Å². The maximum atomic E-state index is 12.3. The molecular weight excluding hydrogens is 280 g/mol. The molecule has 0 spiro atoms. The van der Waals surface area contributed by atoms with E-state index >= 15 is 0 Å². The summed E-state index contributed by atoms with van der Waals surface area (Å²) in [5.41, 5.74) is 1.94. The quantitative estimate of drug-likeness (QED) is 0.923. The van der Waals surface area contributed by atoms with Crippen molar-refractivity contribution in [3.63, 3.8) is 0 Å². The molecule has 6 heteroatoms. The van der Waals surface area contributed by atoms with Crippen molar-refractivity contribution < 1.29 is 9.53 Å². The average molecular weight is 300 g/mol. The zero-order valence-electron chi connectivity index (χ0n) is 12.6. The molecule has 6 nitrogen and oxygen atoms in total. The van der Waals surface area contributed by atoms with Crippen molar-refractivity contribution in [1.82, 2.24) is 14.7 Å². The monoisotopic (exact) mass is 300 g/mol. The number of carbonyl (C=O) groups excluding carboxylic acids is 1. The van der Waals surface area contributed by atoms with Gasteiger partial charge in [-0.1, -0.05) is 30.3 Å². The second-order valence-electron chi connectivity index (χ2n) is 5.47. The van der Waals surface area contributed by atoms with Gasteiger partial charge in [0.05, 0.1) is 18.5 Å². The number of aryl methyl sites for hydroxylation is 1. The van der Waals surface area contributed by atoms with Gasteiger partial charge in [-0.15, -0.1) is 0 Å². The Labute approximate surface area is 129 Å². The van der Waals surface area contributed by atoms with Crippen molar-refractivity contribution >= 4 is 11.6 Å². The van der Waals surface area contributed by atoms with E-state index in [1.807, 2.05) is 25.2 Å². The maximum absolute atomic E-state index is 12.3. The molecule has 1 aliphatic heterocycles. The molecule has 1 N–H and O–H groups in total. The second-order valence-corrected chi connectivity index (χ2v) is 5.47. The first-order valence-electron chi connectivity index (χ1n) is 7.38. The first-order valence-corrected chi connectivity index (χ1v) is 7.38. The lowest BCUT2D eigenvalue weighted by Crippen LogP contribution is -2.47. The van der Waals surface area contributed by atoms with Gasteiger partial charge >= 0.3 is 0 Å². The van der Waals surface area contributed by atoms with Crippen LogP contribution in [-0.2, 0) is 23.1 Å². The number of anilines is 1. The van der Waals surface area contributed by atoms with E-state index in [0.29, 0.717) is 18.8 Å². The summed E-state index contributed by atoms with van der Waals surface area (Å²) in [4.78, 5) is 14.5. The van der Waals surface area contributed by atoms with Crippen LogP contribution in [0.15, 0.2) is 42.7 Å². The molecule has 1 unspecified atom stereocenters. The molecule has 1 aliphatic rings. The van der Waals surface area contributed by atoms with E-state index in [-0.39, 0.29) is 5.91 Å². The summed E-state index contributed by atoms with van der Waals surface area (Å²) in [5.74, 6) is -0.120. The van der Waals surface area contributed by atoms with Crippen molar-refractivity contribution in [2.24, 2.45) is 7.05 Å². The Hall–Kier alpha value is -2.18. The second kappa shape index (κ2) is 6.72. The molecule has 22 heavy (non-hydrogen) atoms. The predicted octanol–water partition coefficient (Wildman–Crippen LogP) is 1.26. The summed E-state index contributed by atoms with van der Waals surface area (Å²) < 4.78 is 7.26. The van der Waals surface area contributed by atoms with E-state index in [2.05, 4.69) is 27.4 Å². The van der Waals surface area contributed by atoms with Crippen molar-refractivity contribution in [2.75, 3.05) is 25.0 Å². The summed E-state index contributed by atoms with van der Waals surface area (Å²) in [7, 11) is 1.81. The lowest BCUT2D eigenvalue weighted by atomic mass is 10.2. The molecule has 1 saturated heterocycles. The van der Waals surface area contributed by atoms with Gasteiger partial charge in [0.15, 0.2) is 0 Å². The maximum Gasteiger partial charge on any atom is 0.254 e. The molecule has 0 aliphatic carbocycles. The van der Waals surface area contributed by atoms with Crippen LogP contribution in [0.1, 0.15) is 5.56 Å². The van der Waals surface area contributed by atoms with E-state index < -0.39 is 6.10 Å². The van der Waals surface area contributed by atoms with Gasteiger partial charge in [-0.3, -0.25) is 14.4 Å². The van der Waals surface area contributed by atoms with Gasteiger partial charge in [-0.25, -0.2) is 0 Å². The number of morpholine rings is 1. The summed E-state index contributed by atoms with van der Waals surface area (Å²) in [6.07, 6.45) is 2.95. The minimum absolute atomic E-state index is 0.120. The number of nitrogens with one attached hydrogen (secondary N) is 1. The topological polar surface area (TPSA) is 59.4 Å². The fourth-order valence-corrected chi connectivity index (χ4v) is 2.55. The minimum atomic E-state index is -0.447. The van der Waals surface area contributed by atoms with Crippen LogP contribution in [0.4, 0.5) is 5.69 Å². The third-order valence-electron chi connectivity index (χ3n) is 3.66. The van der Waals surface area contributed by atoms with Crippen LogP contribution in [0.25, 0.3) is 0 Å². The highest BCUT2D eigenvalue weighted by Gasteiger charge is 2.26. The van der Waals surface area contributed by atoms with E-state index in [0.717, 1.165) is 13.1 Å². The Morgan fingerprint density at radius 1 is 1.41 bits per heavy atom. The molecular formula is C16H20N4O2. The van der Waals surface area contributed by atoms with E-state index in [1.54, 1.807) is 17.1 Å². The van der Waals surface area contributed by atoms with Crippen LogP contribution in [0, 0.1) is 0 Å². The zero-order chi connectivity index (χ0) is 15.4. The van der Waals surface area contributed by atoms with Crippen molar-refractivity contribution in [3.05, 3.63) is 48.3 Å². The van der Waals surface area contributed by atoms with Crippen LogP contribution in [-0.4, -0.2) is 46.4 Å². The van der Waals surface area contributed by atoms with Crippen LogP contribution >= 0.6 is 0 Å². The normalized spacial score (nSPS) is 19.0. The molecule has 1 atom stereocenters. The van der Waals surface area contributed by atoms with E-state index in [4.69, 9.17) is 4.74 Å². The van der Waals surface area contributed by atoms with Crippen LogP contribution < -0.4 is 5.32 Å². The van der Waals surface area contributed by atoms with Gasteiger partial charge in [-0.2, -0.15) is 5.10 Å². The third-order valence-corrected chi connectivity index (χ3v) is 3.66. The summed E-state index contributed by atoms with van der Waals surface area (Å²) >= 11 is 0. The Balaban J connectivity index is 1.57. The Kier molecular flexibility index (Phi) is 4.50. The minimum Gasteiger partial charge on any atom is -0.366 e. The zero-order valence-corrected chi connectivity index (χ0v) is 12.6. The molecule has 116 valence electrons. The SMILES string of the molecule is Cn1cc(NC(=O)C2CN(Cc3ccccc3)CCO2)cn1. The van der Waals surface area contributed by atoms with Crippen molar-refractivity contribution in [2.45, 2.75) is 12.6 Å². The highest BCUT2D eigenvalue weighted by Crippen LogP contribution is 2.12. The fraction of sp³-hybridized carbons (Fsp3) is 0.375. The summed E-state index contributed by atoms with van der Waals surface area (Å²) in [6, 6.07) is 10.3. The Bertz CT molecular complexity index is 626. The smallest absolute Gasteiger partial charge is 0.254 e. The molecule has 0 bridgehead atoms. The standard InChI is InChI=1S/C16H20N4O2/c1-19-11-14(9-17-19)18-16(21)15-12-20(7-8-22-15)10-13-5-3-2-4-6-13/h2-6,9,11,15H,7-8,10,12H2,1H3,(H,18,21). The predicted molar refractivity (Wildman–Crippen MR) is 83.3 cm³/mol. The number of aromatic nitrogens is 2. The highest BCUT2D eigenvalue weighted by atomic mass is 16.5. The first kappa shape index (κ1) is 14.7. The van der Waals surface area contributed by atoms with Crippen molar-refractivity contribution in [1.29, 1.82) is 0 Å². The molecule has 0 saturated carbocycles. The summed E-state index contributed by atoms with van der Waals surface area (Å²) in [6.45, 7) is 2.84. The fourth-order valence-electron chi connectivity index (χ4n) is 2.55. The van der Waals surface area contributed by atoms with E-state index in [9.17, 15) is 4.79 Å². The molecule has 2 aromatic rings. The Morgan fingerprint density at radius 2 is 2.23 bits per heavy atom. The number of nitrogens with zero attached hydrogens (tertiary/aromatic N) is 3. The van der Waals surface area contributed by atoms with Crippen molar-refractivity contribution in [3.8, 4) is 0 Å². The number of benzene rings is 1. The van der Waals surface area contributed by atoms with Gasteiger partial charge in [0, 0.05) is 32.9 Å². The molecule has 2 heterocycles. The number of carbonyl (C=O) groups is 1. The van der Waals surface area contributed by atoms with E-state index in [1.165, 1.54) is 5.56 Å². The highest BCUT2D eigenvalue weighted by molar-refractivity contribution is 5.94. The molecule has 1 amide bonds. The molecule has 3 rings (SSSR count). The number of hydrogen-bond donors (Lipinski definition) is 1. The van der Waals surface area contributed by atoms with Crippen LogP contribution in [0.2, 0.25) is 0 Å². The lowest BCUT2D eigenvalue weighted by molar-refractivity contribution is -0.133. The Morgan fingerprint density at radius 3 is 2.95 bits per heavy atom. The largest absolute Gasteiger partial charge is 0.366 e. The van der Waals surface area contributed by atoms with Crippen LogP contribution in [0.3, 0.4) is 0 Å². The number of rotatable bonds is 4. The lowest BCUT2D eigenvalue weighted by Gasteiger charge is -2.32. The van der Waals surface area contributed by atoms with Gasteiger partial charge in [0.2, 0.25) is 0 Å². The number of ether oxygens (including phenoxy) is 1. The molecule has 1 fully saturated rings. The van der Waals surface area contributed by atoms with Gasteiger partial charge in [-0.05, 0) is 5.56 Å². The number of amides is 1. The summed E-state index contributed by atoms with van der Waals surface area (Å²) in [5, 5.41) is 6.88. The molecule has 0 radical (unpaired) electrons. The molecule has 1 aromatic heterocycles. The number of hydrogen-bond acceptors (Lipinski definition) is 4. The third kappa shape index (κ3) is 3.72.